The van der Waals surface area contributed by atoms with E-state index in [9.17, 15) is 18.8 Å². The average Bonchev–Trinajstić information content (AvgIpc) is 2.38. The number of piperidine rings is 1. The van der Waals surface area contributed by atoms with Crippen molar-refractivity contribution in [2.75, 3.05) is 17.6 Å². The molecule has 0 saturated carbocycles. The topological polar surface area (TPSA) is 92.5 Å². The van der Waals surface area contributed by atoms with Crippen molar-refractivity contribution in [3.63, 3.8) is 0 Å². The molecule has 21 heavy (non-hydrogen) atoms. The first-order valence-corrected chi connectivity index (χ1v) is 6.55. The number of hydrogen-bond acceptors (Lipinski definition) is 4. The number of rotatable bonds is 3. The van der Waals surface area contributed by atoms with Crippen molar-refractivity contribution in [1.29, 1.82) is 0 Å². The van der Waals surface area contributed by atoms with E-state index in [-0.39, 0.29) is 36.3 Å². The molecule has 1 fully saturated rings. The van der Waals surface area contributed by atoms with Crippen molar-refractivity contribution >= 4 is 29.1 Å². The van der Waals surface area contributed by atoms with Gasteiger partial charge in [-0.05, 0) is 24.1 Å². The molecule has 3 amide bonds. The van der Waals surface area contributed by atoms with Gasteiger partial charge in [0, 0.05) is 18.5 Å². The Morgan fingerprint density at radius 1 is 1.38 bits per heavy atom. The quantitative estimate of drug-likeness (QED) is 0.645. The molecule has 6 nitrogen and oxygen atoms in total. The van der Waals surface area contributed by atoms with Gasteiger partial charge in [-0.1, -0.05) is 6.92 Å². The molecule has 0 aromatic heterocycles. The van der Waals surface area contributed by atoms with Gasteiger partial charge in [0.2, 0.25) is 17.7 Å². The fourth-order valence-corrected chi connectivity index (χ4v) is 2.18. The van der Waals surface area contributed by atoms with E-state index in [0.717, 1.165) is 11.0 Å². The number of imide groups is 1. The second-order valence-corrected chi connectivity index (χ2v) is 5.17. The Balaban J connectivity index is 2.03. The van der Waals surface area contributed by atoms with E-state index in [0.29, 0.717) is 5.69 Å². The monoisotopic (exact) mass is 293 g/mol. The van der Waals surface area contributed by atoms with Crippen molar-refractivity contribution in [2.45, 2.75) is 19.8 Å². The number of hydrogen-bond donors (Lipinski definition) is 2. The predicted octanol–water partition coefficient (Wildman–Crippen LogP) is 1.13. The van der Waals surface area contributed by atoms with E-state index in [1.54, 1.807) is 6.92 Å². The SMILES string of the molecule is CC1CC(=O)N(CC(=O)Nc2cc(N)ccc2F)C(=O)C1. The van der Waals surface area contributed by atoms with E-state index in [1.165, 1.54) is 12.1 Å². The van der Waals surface area contributed by atoms with Crippen LogP contribution >= 0.6 is 0 Å². The minimum Gasteiger partial charge on any atom is -0.399 e. The lowest BCUT2D eigenvalue weighted by Gasteiger charge is -2.27. The van der Waals surface area contributed by atoms with Gasteiger partial charge in [-0.2, -0.15) is 0 Å². The van der Waals surface area contributed by atoms with Gasteiger partial charge in [0.25, 0.3) is 0 Å². The Labute approximate surface area is 121 Å². The fraction of sp³-hybridized carbons (Fsp3) is 0.357. The number of anilines is 2. The summed E-state index contributed by atoms with van der Waals surface area (Å²) in [5.74, 6) is -2.07. The molecular weight excluding hydrogens is 277 g/mol. The summed E-state index contributed by atoms with van der Waals surface area (Å²) in [7, 11) is 0. The molecular formula is C14H16FN3O3. The number of likely N-dealkylation sites (tertiary alicyclic amines) is 1. The second-order valence-electron chi connectivity index (χ2n) is 5.17. The van der Waals surface area contributed by atoms with E-state index in [4.69, 9.17) is 5.73 Å². The van der Waals surface area contributed by atoms with Crippen molar-refractivity contribution in [3.8, 4) is 0 Å². The molecule has 1 aromatic carbocycles. The van der Waals surface area contributed by atoms with E-state index in [2.05, 4.69) is 5.32 Å². The molecule has 1 aliphatic rings. The number of carbonyl (C=O) groups excluding carboxylic acids is 3. The molecule has 0 spiro atoms. The maximum Gasteiger partial charge on any atom is 0.244 e. The van der Waals surface area contributed by atoms with Crippen LogP contribution in [0.15, 0.2) is 18.2 Å². The molecule has 0 atom stereocenters. The number of amides is 3. The number of nitrogens with two attached hydrogens (primary N) is 1. The summed E-state index contributed by atoms with van der Waals surface area (Å²) in [5, 5.41) is 2.31. The molecule has 112 valence electrons. The van der Waals surface area contributed by atoms with Crippen LogP contribution < -0.4 is 11.1 Å². The number of nitrogen functional groups attached to an aromatic ring is 1. The summed E-state index contributed by atoms with van der Waals surface area (Å²) in [6, 6.07) is 3.77. The number of nitrogens with one attached hydrogen (secondary N) is 1. The highest BCUT2D eigenvalue weighted by molar-refractivity contribution is 6.03. The molecule has 1 heterocycles. The zero-order chi connectivity index (χ0) is 15.6. The third-order valence-electron chi connectivity index (χ3n) is 3.21. The van der Waals surface area contributed by atoms with Crippen LogP contribution in [0.25, 0.3) is 0 Å². The molecule has 1 aromatic rings. The zero-order valence-electron chi connectivity index (χ0n) is 11.6. The normalized spacial score (nSPS) is 16.2. The Hall–Kier alpha value is -2.44. The maximum atomic E-state index is 13.5. The maximum absolute atomic E-state index is 13.5. The smallest absolute Gasteiger partial charge is 0.244 e. The molecule has 0 unspecified atom stereocenters. The third kappa shape index (κ3) is 3.56. The van der Waals surface area contributed by atoms with Crippen molar-refractivity contribution < 1.29 is 18.8 Å². The average molecular weight is 293 g/mol. The van der Waals surface area contributed by atoms with Gasteiger partial charge in [-0.3, -0.25) is 19.3 Å². The fourth-order valence-electron chi connectivity index (χ4n) is 2.18. The van der Waals surface area contributed by atoms with E-state index in [1.807, 2.05) is 0 Å². The van der Waals surface area contributed by atoms with Crippen molar-refractivity contribution in [1.82, 2.24) is 4.90 Å². The standard InChI is InChI=1S/C14H16FN3O3/c1-8-4-13(20)18(14(21)5-8)7-12(19)17-11-6-9(16)2-3-10(11)15/h2-3,6,8H,4-5,7,16H2,1H3,(H,17,19). The number of carbonyl (C=O) groups is 3. The summed E-state index contributed by atoms with van der Waals surface area (Å²) in [6.45, 7) is 1.38. The van der Waals surface area contributed by atoms with Gasteiger partial charge in [-0.25, -0.2) is 4.39 Å². The molecule has 0 radical (unpaired) electrons. The van der Waals surface area contributed by atoms with Crippen LogP contribution in [0.5, 0.6) is 0 Å². The van der Waals surface area contributed by atoms with Crippen LogP contribution in [0.1, 0.15) is 19.8 Å². The molecule has 7 heteroatoms. The number of nitrogens with zero attached hydrogens (tertiary/aromatic N) is 1. The van der Waals surface area contributed by atoms with Gasteiger partial charge in [0.05, 0.1) is 5.69 Å². The molecule has 2 rings (SSSR count). The summed E-state index contributed by atoms with van der Waals surface area (Å²) < 4.78 is 13.5. The largest absolute Gasteiger partial charge is 0.399 e. The zero-order valence-corrected chi connectivity index (χ0v) is 11.6. The molecule has 0 bridgehead atoms. The second kappa shape index (κ2) is 5.90. The first-order valence-electron chi connectivity index (χ1n) is 6.55. The Morgan fingerprint density at radius 3 is 2.62 bits per heavy atom. The lowest BCUT2D eigenvalue weighted by molar-refractivity contribution is -0.151. The van der Waals surface area contributed by atoms with E-state index >= 15 is 0 Å². The predicted molar refractivity (Wildman–Crippen MR) is 74.6 cm³/mol. The van der Waals surface area contributed by atoms with Crippen LogP contribution in [0.4, 0.5) is 15.8 Å². The summed E-state index contributed by atoms with van der Waals surface area (Å²) >= 11 is 0. The van der Waals surface area contributed by atoms with Crippen LogP contribution in [0, 0.1) is 11.7 Å². The van der Waals surface area contributed by atoms with Gasteiger partial charge in [0.1, 0.15) is 12.4 Å². The Morgan fingerprint density at radius 2 is 2.00 bits per heavy atom. The van der Waals surface area contributed by atoms with Crippen LogP contribution in [0.2, 0.25) is 0 Å². The first kappa shape index (κ1) is 15.0. The summed E-state index contributed by atoms with van der Waals surface area (Å²) in [6.07, 6.45) is 0.456. The van der Waals surface area contributed by atoms with Crippen LogP contribution in [0.3, 0.4) is 0 Å². The highest BCUT2D eigenvalue weighted by atomic mass is 19.1. The highest BCUT2D eigenvalue weighted by Crippen LogP contribution is 2.20. The number of halogens is 1. The van der Waals surface area contributed by atoms with Crippen molar-refractivity contribution in [2.24, 2.45) is 5.92 Å². The third-order valence-corrected chi connectivity index (χ3v) is 3.21. The van der Waals surface area contributed by atoms with E-state index < -0.39 is 18.3 Å². The molecule has 1 saturated heterocycles. The minimum absolute atomic E-state index is 0.0179. The molecule has 0 aliphatic carbocycles. The molecule has 3 N–H and O–H groups in total. The van der Waals surface area contributed by atoms with Gasteiger partial charge >= 0.3 is 0 Å². The van der Waals surface area contributed by atoms with Gasteiger partial charge < -0.3 is 11.1 Å². The number of benzene rings is 1. The van der Waals surface area contributed by atoms with Crippen LogP contribution in [-0.4, -0.2) is 29.2 Å². The molecule has 1 aliphatic heterocycles. The first-order chi connectivity index (χ1) is 9.86. The summed E-state index contributed by atoms with van der Waals surface area (Å²) in [4.78, 5) is 36.3. The van der Waals surface area contributed by atoms with Crippen LogP contribution in [-0.2, 0) is 14.4 Å². The minimum atomic E-state index is -0.643. The lowest BCUT2D eigenvalue weighted by Crippen LogP contribution is -2.46. The van der Waals surface area contributed by atoms with Gasteiger partial charge in [-0.15, -0.1) is 0 Å². The van der Waals surface area contributed by atoms with Gasteiger partial charge in [0.15, 0.2) is 0 Å². The highest BCUT2D eigenvalue weighted by Gasteiger charge is 2.31. The Bertz CT molecular complexity index is 585. The Kier molecular flexibility index (Phi) is 4.21. The summed E-state index contributed by atoms with van der Waals surface area (Å²) in [5.41, 5.74) is 5.73. The lowest BCUT2D eigenvalue weighted by atomic mass is 9.98. The van der Waals surface area contributed by atoms with Crippen molar-refractivity contribution in [3.05, 3.63) is 24.0 Å².